The lowest BCUT2D eigenvalue weighted by Gasteiger charge is -2.17. The number of halogens is 12. The Bertz CT molecular complexity index is 1610. The highest BCUT2D eigenvalue weighted by molar-refractivity contribution is 6.18. The average Bonchev–Trinajstić information content (AvgIpc) is 2.79. The van der Waals surface area contributed by atoms with Crippen molar-refractivity contribution in [2.45, 2.75) is 24.7 Å². The maximum absolute atomic E-state index is 13.5. The van der Waals surface area contributed by atoms with Gasteiger partial charge in [0.05, 0.1) is 0 Å². The standard InChI is InChI=1S/C18F12N8/c1-32-14-3(2-31)33-4-5-6(35-11(16(22,23)24)10(34-5)15(19,20)21)7-8(9(4)38-14)37-13(18(28,29)30)12(36-7)17(25,26)27. The number of alkyl halides is 12. The molecule has 8 nitrogen and oxygen atoms in total. The second-order valence-corrected chi connectivity index (χ2v) is 7.04. The minimum atomic E-state index is -5.91. The van der Waals surface area contributed by atoms with Gasteiger partial charge in [0.15, 0.2) is 28.5 Å². The van der Waals surface area contributed by atoms with Gasteiger partial charge >= 0.3 is 30.5 Å². The van der Waals surface area contributed by atoms with Gasteiger partial charge < -0.3 is 4.85 Å². The summed E-state index contributed by atoms with van der Waals surface area (Å²) in [5, 5.41) is 9.14. The van der Waals surface area contributed by atoms with E-state index in [1.165, 1.54) is 6.07 Å². The van der Waals surface area contributed by atoms with Crippen LogP contribution in [0, 0.1) is 17.9 Å². The molecule has 0 amide bonds. The molecule has 0 bridgehead atoms. The summed E-state index contributed by atoms with van der Waals surface area (Å²) in [4.78, 5) is 20.8. The zero-order valence-corrected chi connectivity index (χ0v) is 17.1. The average molecular weight is 556 g/mol. The van der Waals surface area contributed by atoms with Crippen LogP contribution >= 0.6 is 0 Å². The van der Waals surface area contributed by atoms with E-state index in [0.29, 0.717) is 0 Å². The topological polar surface area (TPSA) is 105 Å². The maximum Gasteiger partial charge on any atom is 0.435 e. The van der Waals surface area contributed by atoms with Crippen molar-refractivity contribution in [1.29, 1.82) is 5.26 Å². The monoisotopic (exact) mass is 556 g/mol. The third-order valence-corrected chi connectivity index (χ3v) is 4.63. The van der Waals surface area contributed by atoms with Crippen LogP contribution < -0.4 is 0 Å². The van der Waals surface area contributed by atoms with Crippen molar-refractivity contribution in [3.63, 3.8) is 0 Å². The van der Waals surface area contributed by atoms with E-state index in [9.17, 15) is 52.7 Å². The Morgan fingerprint density at radius 2 is 0.763 bits per heavy atom. The summed E-state index contributed by atoms with van der Waals surface area (Å²) in [5.74, 6) is -0.966. The highest BCUT2D eigenvalue weighted by Crippen LogP contribution is 2.44. The SMILES string of the molecule is [C-]#[N+]c1nc2c(nc1C#N)c1nc(C(F)(F)F)c(C(F)(F)F)nc1c1nc(C(F)(F)F)c(C(F)(F)F)nc21. The minimum absolute atomic E-state index is 0.945. The van der Waals surface area contributed by atoms with Crippen LogP contribution in [0.15, 0.2) is 0 Å². The molecule has 0 aliphatic rings. The molecule has 3 heterocycles. The Kier molecular flexibility index (Phi) is 5.52. The van der Waals surface area contributed by atoms with Crippen molar-refractivity contribution < 1.29 is 52.7 Å². The van der Waals surface area contributed by atoms with E-state index in [-0.39, 0.29) is 0 Å². The Hall–Kier alpha value is -4.62. The van der Waals surface area contributed by atoms with Gasteiger partial charge in [0.25, 0.3) is 0 Å². The van der Waals surface area contributed by atoms with E-state index in [1.807, 2.05) is 0 Å². The number of rotatable bonds is 0. The molecule has 0 fully saturated rings. The molecular weight excluding hydrogens is 556 g/mol. The summed E-state index contributed by atoms with van der Waals surface area (Å²) in [6.07, 6.45) is -23.5. The molecule has 196 valence electrons. The van der Waals surface area contributed by atoms with Gasteiger partial charge in [0, 0.05) is 0 Å². The van der Waals surface area contributed by atoms with E-state index >= 15 is 0 Å². The Morgan fingerprint density at radius 1 is 0.500 bits per heavy atom. The fourth-order valence-electron chi connectivity index (χ4n) is 3.23. The number of nitrogens with zero attached hydrogens (tertiary/aromatic N) is 8. The van der Waals surface area contributed by atoms with Gasteiger partial charge in [-0.25, -0.2) is 24.9 Å². The van der Waals surface area contributed by atoms with Crippen LogP contribution in [0.4, 0.5) is 58.5 Å². The number of hydrogen-bond donors (Lipinski definition) is 0. The number of nitriles is 1. The van der Waals surface area contributed by atoms with Crippen molar-refractivity contribution >= 4 is 38.9 Å². The summed E-state index contributed by atoms with van der Waals surface area (Å²) in [6, 6.07) is 1.29. The van der Waals surface area contributed by atoms with Gasteiger partial charge in [-0.1, -0.05) is 6.57 Å². The zero-order valence-electron chi connectivity index (χ0n) is 17.1. The van der Waals surface area contributed by atoms with Gasteiger partial charge in [-0.15, -0.1) is 4.98 Å². The molecule has 0 aliphatic carbocycles. The van der Waals surface area contributed by atoms with Crippen LogP contribution in [-0.2, 0) is 24.7 Å². The first-order valence-electron chi connectivity index (χ1n) is 9.12. The summed E-state index contributed by atoms with van der Waals surface area (Å²) < 4.78 is 161. The van der Waals surface area contributed by atoms with Crippen LogP contribution in [-0.4, -0.2) is 29.9 Å². The van der Waals surface area contributed by atoms with Gasteiger partial charge in [-0.2, -0.15) is 57.9 Å². The van der Waals surface area contributed by atoms with Crippen LogP contribution in [0.1, 0.15) is 28.5 Å². The molecule has 38 heavy (non-hydrogen) atoms. The van der Waals surface area contributed by atoms with E-state index < -0.39 is 92.1 Å². The Balaban J connectivity index is 2.42. The Morgan fingerprint density at radius 3 is 1.00 bits per heavy atom. The lowest BCUT2D eigenvalue weighted by Crippen LogP contribution is -2.22. The molecule has 0 unspecified atom stereocenters. The van der Waals surface area contributed by atoms with Crippen LogP contribution in [0.3, 0.4) is 0 Å². The van der Waals surface area contributed by atoms with Crippen LogP contribution in [0.2, 0.25) is 0 Å². The third kappa shape index (κ3) is 4.17. The maximum atomic E-state index is 13.5. The number of fused-ring (bicyclic) bond motifs is 6. The second-order valence-electron chi connectivity index (χ2n) is 7.04. The van der Waals surface area contributed by atoms with Crippen molar-refractivity contribution in [1.82, 2.24) is 29.9 Å². The molecule has 3 aromatic heterocycles. The Labute approximate surface area is 198 Å². The van der Waals surface area contributed by atoms with Gasteiger partial charge in [-0.05, 0) is 0 Å². The van der Waals surface area contributed by atoms with E-state index in [4.69, 9.17) is 11.8 Å². The van der Waals surface area contributed by atoms with Gasteiger partial charge in [-0.3, -0.25) is 0 Å². The number of aromatic nitrogens is 6. The molecule has 0 atom stereocenters. The molecule has 0 radical (unpaired) electrons. The predicted molar refractivity (Wildman–Crippen MR) is 96.7 cm³/mol. The van der Waals surface area contributed by atoms with Crippen LogP contribution in [0.5, 0.6) is 0 Å². The molecule has 1 aromatic carbocycles. The fraction of sp³-hybridized carbons (Fsp3) is 0.222. The van der Waals surface area contributed by atoms with Crippen molar-refractivity contribution in [3.8, 4) is 6.07 Å². The third-order valence-electron chi connectivity index (χ3n) is 4.63. The predicted octanol–water partition coefficient (Wildman–Crippen LogP) is 6.01. The van der Waals surface area contributed by atoms with E-state index in [0.717, 1.165) is 0 Å². The summed E-state index contributed by atoms with van der Waals surface area (Å²) in [7, 11) is 0. The highest BCUT2D eigenvalue weighted by atomic mass is 19.4. The van der Waals surface area contributed by atoms with Crippen LogP contribution in [0.25, 0.3) is 37.9 Å². The summed E-state index contributed by atoms with van der Waals surface area (Å²) in [6.45, 7) is 7.01. The van der Waals surface area contributed by atoms with E-state index in [2.05, 4.69) is 34.7 Å². The molecular formula is C18F12N8. The quantitative estimate of drug-likeness (QED) is 0.148. The van der Waals surface area contributed by atoms with Crippen molar-refractivity contribution in [3.05, 3.63) is 39.9 Å². The normalized spacial score (nSPS) is 13.2. The lowest BCUT2D eigenvalue weighted by molar-refractivity contribution is -0.167. The van der Waals surface area contributed by atoms with E-state index in [1.54, 1.807) is 0 Å². The fourth-order valence-corrected chi connectivity index (χ4v) is 3.23. The molecule has 0 saturated carbocycles. The number of benzene rings is 1. The molecule has 0 aliphatic heterocycles. The summed E-state index contributed by atoms with van der Waals surface area (Å²) in [5.41, 5.74) is -19.7. The lowest BCUT2D eigenvalue weighted by atomic mass is 10.1. The first kappa shape index (κ1) is 26.4. The minimum Gasteiger partial charge on any atom is -0.358 e. The molecule has 20 heteroatoms. The molecule has 0 spiro atoms. The first-order valence-corrected chi connectivity index (χ1v) is 9.12. The van der Waals surface area contributed by atoms with Gasteiger partial charge in [0.1, 0.15) is 33.7 Å². The molecule has 0 N–H and O–H groups in total. The summed E-state index contributed by atoms with van der Waals surface area (Å²) >= 11 is 0. The number of hydrogen-bond acceptors (Lipinski definition) is 7. The van der Waals surface area contributed by atoms with Crippen molar-refractivity contribution in [2.75, 3.05) is 0 Å². The highest BCUT2D eigenvalue weighted by Gasteiger charge is 2.49. The first-order chi connectivity index (χ1) is 17.3. The van der Waals surface area contributed by atoms with Gasteiger partial charge in [0.2, 0.25) is 5.52 Å². The smallest absolute Gasteiger partial charge is 0.358 e. The molecule has 4 aromatic rings. The molecule has 0 saturated heterocycles. The zero-order chi connectivity index (χ0) is 28.6. The molecule has 4 rings (SSSR count). The largest absolute Gasteiger partial charge is 0.435 e. The second kappa shape index (κ2) is 7.94. The van der Waals surface area contributed by atoms with Crippen molar-refractivity contribution in [2.24, 2.45) is 0 Å².